The second kappa shape index (κ2) is 5.09. The normalized spacial score (nSPS) is 11.4. The van der Waals surface area contributed by atoms with Crippen LogP contribution in [0.15, 0.2) is 41.3 Å². The van der Waals surface area contributed by atoms with Crippen LogP contribution in [0.5, 0.6) is 0 Å². The van der Waals surface area contributed by atoms with E-state index in [1.807, 2.05) is 6.07 Å². The predicted octanol–water partition coefficient (Wildman–Crippen LogP) is 2.32. The maximum Gasteiger partial charge on any atom is 0.238 e. The first kappa shape index (κ1) is 13.1. The molecular formula is C12H14N2O2S2. The Balaban J connectivity index is 2.11. The van der Waals surface area contributed by atoms with E-state index in [4.69, 9.17) is 5.14 Å². The highest BCUT2D eigenvalue weighted by molar-refractivity contribution is 7.89. The molecule has 1 aromatic heterocycles. The first-order valence-corrected chi connectivity index (χ1v) is 7.73. The molecule has 1 heterocycles. The second-order valence-corrected chi connectivity index (χ2v) is 6.87. The van der Waals surface area contributed by atoms with E-state index in [-0.39, 0.29) is 4.90 Å². The minimum absolute atomic E-state index is 0.120. The molecule has 0 saturated carbocycles. The molecule has 0 bridgehead atoms. The molecule has 0 radical (unpaired) electrons. The highest BCUT2D eigenvalue weighted by atomic mass is 32.2. The summed E-state index contributed by atoms with van der Waals surface area (Å²) in [6, 6.07) is 10.6. The number of primary sulfonamides is 1. The van der Waals surface area contributed by atoms with Crippen LogP contribution in [-0.2, 0) is 16.6 Å². The summed E-state index contributed by atoms with van der Waals surface area (Å²) in [4.78, 5) is 2.58. The number of benzene rings is 1. The molecule has 0 aliphatic rings. The fourth-order valence-electron chi connectivity index (χ4n) is 1.55. The zero-order chi connectivity index (χ0) is 13.2. The monoisotopic (exact) mass is 282 g/mol. The van der Waals surface area contributed by atoms with Crippen molar-refractivity contribution in [1.82, 2.24) is 0 Å². The number of nitrogens with one attached hydrogen (secondary N) is 1. The van der Waals surface area contributed by atoms with E-state index in [9.17, 15) is 8.42 Å². The lowest BCUT2D eigenvalue weighted by atomic mass is 10.3. The van der Waals surface area contributed by atoms with Gasteiger partial charge in [0, 0.05) is 22.0 Å². The molecule has 4 nitrogen and oxygen atoms in total. The highest BCUT2D eigenvalue weighted by Crippen LogP contribution is 2.18. The van der Waals surface area contributed by atoms with Crippen LogP contribution >= 0.6 is 11.3 Å². The molecule has 0 atom stereocenters. The summed E-state index contributed by atoms with van der Waals surface area (Å²) in [5, 5.41) is 8.26. The zero-order valence-electron chi connectivity index (χ0n) is 9.88. The van der Waals surface area contributed by atoms with Crippen molar-refractivity contribution in [1.29, 1.82) is 0 Å². The molecule has 2 aromatic rings. The third kappa shape index (κ3) is 3.32. The largest absolute Gasteiger partial charge is 0.380 e. The number of hydrogen-bond acceptors (Lipinski definition) is 4. The van der Waals surface area contributed by atoms with Crippen LogP contribution in [0.25, 0.3) is 0 Å². The fraction of sp³-hybridized carbons (Fsp3) is 0.167. The molecule has 3 N–H and O–H groups in total. The van der Waals surface area contributed by atoms with E-state index in [0.29, 0.717) is 6.54 Å². The zero-order valence-corrected chi connectivity index (χ0v) is 11.5. The number of hydrogen-bond donors (Lipinski definition) is 2. The van der Waals surface area contributed by atoms with Crippen LogP contribution in [0.4, 0.5) is 5.69 Å². The van der Waals surface area contributed by atoms with Crippen molar-refractivity contribution in [3.05, 3.63) is 46.2 Å². The molecule has 0 aliphatic heterocycles. The maximum absolute atomic E-state index is 11.2. The maximum atomic E-state index is 11.2. The Morgan fingerprint density at radius 3 is 2.67 bits per heavy atom. The molecule has 18 heavy (non-hydrogen) atoms. The summed E-state index contributed by atoms with van der Waals surface area (Å²) < 4.78 is 22.4. The molecule has 0 saturated heterocycles. The van der Waals surface area contributed by atoms with Gasteiger partial charge in [0.25, 0.3) is 0 Å². The van der Waals surface area contributed by atoms with Gasteiger partial charge in [0.2, 0.25) is 10.0 Å². The van der Waals surface area contributed by atoms with E-state index >= 15 is 0 Å². The Bertz CT molecular complexity index is 648. The van der Waals surface area contributed by atoms with Gasteiger partial charge in [0.15, 0.2) is 0 Å². The quantitative estimate of drug-likeness (QED) is 0.904. The summed E-state index contributed by atoms with van der Waals surface area (Å²) in [6.45, 7) is 2.72. The number of rotatable bonds is 4. The van der Waals surface area contributed by atoms with Crippen LogP contribution in [0.1, 0.15) is 9.75 Å². The Hall–Kier alpha value is -1.37. The lowest BCUT2D eigenvalue weighted by Gasteiger charge is -2.06. The number of thiophene rings is 1. The summed E-state index contributed by atoms with van der Waals surface area (Å²) >= 11 is 1.71. The minimum atomic E-state index is -3.64. The van der Waals surface area contributed by atoms with Gasteiger partial charge >= 0.3 is 0 Å². The molecule has 0 unspecified atom stereocenters. The van der Waals surface area contributed by atoms with Crippen LogP contribution in [0, 0.1) is 6.92 Å². The lowest BCUT2D eigenvalue weighted by molar-refractivity contribution is 0.598. The van der Waals surface area contributed by atoms with Crippen molar-refractivity contribution in [2.75, 3.05) is 5.32 Å². The Kier molecular flexibility index (Phi) is 3.70. The van der Waals surface area contributed by atoms with Gasteiger partial charge in [-0.3, -0.25) is 0 Å². The molecular weight excluding hydrogens is 268 g/mol. The number of anilines is 1. The average Bonchev–Trinajstić information content (AvgIpc) is 2.72. The van der Waals surface area contributed by atoms with Crippen molar-refractivity contribution < 1.29 is 8.42 Å². The van der Waals surface area contributed by atoms with E-state index in [2.05, 4.69) is 24.4 Å². The Labute approximate surface area is 111 Å². The summed E-state index contributed by atoms with van der Waals surface area (Å²) in [6.07, 6.45) is 0. The Morgan fingerprint density at radius 1 is 1.28 bits per heavy atom. The van der Waals surface area contributed by atoms with Gasteiger partial charge in [0.05, 0.1) is 4.90 Å². The van der Waals surface area contributed by atoms with Crippen LogP contribution in [0.2, 0.25) is 0 Å². The van der Waals surface area contributed by atoms with Crippen molar-refractivity contribution in [3.8, 4) is 0 Å². The molecule has 6 heteroatoms. The van der Waals surface area contributed by atoms with Gasteiger partial charge in [-0.1, -0.05) is 6.07 Å². The van der Waals surface area contributed by atoms with Gasteiger partial charge in [-0.25, -0.2) is 13.6 Å². The SMILES string of the molecule is Cc1ccc(CNc2cccc(S(N)(=O)=O)c2)s1. The highest BCUT2D eigenvalue weighted by Gasteiger charge is 2.07. The van der Waals surface area contributed by atoms with E-state index in [1.165, 1.54) is 21.9 Å². The fourth-order valence-corrected chi connectivity index (χ4v) is 2.94. The van der Waals surface area contributed by atoms with E-state index in [1.54, 1.807) is 17.4 Å². The smallest absolute Gasteiger partial charge is 0.238 e. The van der Waals surface area contributed by atoms with E-state index in [0.717, 1.165) is 5.69 Å². The van der Waals surface area contributed by atoms with Crippen molar-refractivity contribution >= 4 is 27.0 Å². The third-order valence-corrected chi connectivity index (χ3v) is 4.34. The molecule has 0 aliphatic carbocycles. The van der Waals surface area contributed by atoms with Gasteiger partial charge in [-0.2, -0.15) is 0 Å². The standard InChI is InChI=1S/C12H14N2O2S2/c1-9-5-6-11(17-9)8-14-10-3-2-4-12(7-10)18(13,15)16/h2-7,14H,8H2,1H3,(H2,13,15,16). The number of aryl methyl sites for hydroxylation is 1. The van der Waals surface area contributed by atoms with E-state index < -0.39 is 10.0 Å². The molecule has 0 fully saturated rings. The number of nitrogens with two attached hydrogens (primary N) is 1. The summed E-state index contributed by atoms with van der Waals surface area (Å²) in [5.41, 5.74) is 0.743. The van der Waals surface area contributed by atoms with Crippen molar-refractivity contribution in [3.63, 3.8) is 0 Å². The van der Waals surface area contributed by atoms with Crippen LogP contribution in [0.3, 0.4) is 0 Å². The first-order valence-electron chi connectivity index (χ1n) is 5.37. The average molecular weight is 282 g/mol. The van der Waals surface area contributed by atoms with Gasteiger partial charge < -0.3 is 5.32 Å². The van der Waals surface area contributed by atoms with Crippen LogP contribution in [-0.4, -0.2) is 8.42 Å². The molecule has 0 amide bonds. The third-order valence-electron chi connectivity index (χ3n) is 2.43. The second-order valence-electron chi connectivity index (χ2n) is 3.94. The topological polar surface area (TPSA) is 72.2 Å². The Morgan fingerprint density at radius 2 is 2.06 bits per heavy atom. The molecule has 1 aromatic carbocycles. The van der Waals surface area contributed by atoms with Crippen molar-refractivity contribution in [2.45, 2.75) is 18.4 Å². The predicted molar refractivity (Wildman–Crippen MR) is 74.2 cm³/mol. The van der Waals surface area contributed by atoms with Crippen LogP contribution < -0.4 is 10.5 Å². The van der Waals surface area contributed by atoms with Crippen molar-refractivity contribution in [2.24, 2.45) is 5.14 Å². The minimum Gasteiger partial charge on any atom is -0.380 e. The van der Waals surface area contributed by atoms with Gasteiger partial charge in [-0.05, 0) is 37.3 Å². The van der Waals surface area contributed by atoms with Gasteiger partial charge in [-0.15, -0.1) is 11.3 Å². The molecule has 2 rings (SSSR count). The van der Waals surface area contributed by atoms with Gasteiger partial charge in [0.1, 0.15) is 0 Å². The summed E-state index contributed by atoms with van der Waals surface area (Å²) in [5.74, 6) is 0. The summed E-state index contributed by atoms with van der Waals surface area (Å²) in [7, 11) is -3.64. The number of sulfonamides is 1. The molecule has 96 valence electrons. The lowest BCUT2D eigenvalue weighted by Crippen LogP contribution is -2.12. The molecule has 0 spiro atoms. The first-order chi connectivity index (χ1) is 8.45.